The fourth-order valence-electron chi connectivity index (χ4n) is 6.22. The molecule has 1 aliphatic heterocycles. The molecule has 3 aliphatic rings. The third-order valence-corrected chi connectivity index (χ3v) is 9.11. The highest BCUT2D eigenvalue weighted by molar-refractivity contribution is 5.99. The molecule has 0 spiro atoms. The van der Waals surface area contributed by atoms with Crippen LogP contribution >= 0.6 is 0 Å². The summed E-state index contributed by atoms with van der Waals surface area (Å²) in [7, 11) is 1.60. The molecule has 2 fully saturated rings. The number of fused-ring (bicyclic) bond motifs is 1. The van der Waals surface area contributed by atoms with Gasteiger partial charge in [-0.2, -0.15) is 0 Å². The second kappa shape index (κ2) is 11.1. The van der Waals surface area contributed by atoms with Gasteiger partial charge >= 0.3 is 0 Å². The van der Waals surface area contributed by atoms with Crippen LogP contribution in [-0.2, 0) is 10.3 Å². The van der Waals surface area contributed by atoms with Crippen LogP contribution in [-0.4, -0.2) is 29.9 Å². The van der Waals surface area contributed by atoms with E-state index in [1.807, 2.05) is 55.5 Å². The first-order chi connectivity index (χ1) is 21.3. The molecule has 7 nitrogen and oxygen atoms in total. The van der Waals surface area contributed by atoms with Gasteiger partial charge in [-0.25, -0.2) is 4.39 Å². The van der Waals surface area contributed by atoms with Crippen LogP contribution < -0.4 is 20.1 Å². The molecule has 2 atom stereocenters. The van der Waals surface area contributed by atoms with Crippen molar-refractivity contribution in [1.82, 2.24) is 15.6 Å². The summed E-state index contributed by atoms with van der Waals surface area (Å²) in [6.07, 6.45) is 5.98. The van der Waals surface area contributed by atoms with Crippen molar-refractivity contribution in [2.24, 2.45) is 0 Å². The summed E-state index contributed by atoms with van der Waals surface area (Å²) in [5, 5.41) is 6.03. The molecular formula is C36H34FN3O4. The Bertz CT molecular complexity index is 1730. The van der Waals surface area contributed by atoms with Gasteiger partial charge in [-0.05, 0) is 110 Å². The predicted octanol–water partition coefficient (Wildman–Crippen LogP) is 6.51. The van der Waals surface area contributed by atoms with Gasteiger partial charge in [0, 0.05) is 18.8 Å². The van der Waals surface area contributed by atoms with Gasteiger partial charge in [0.05, 0.1) is 22.9 Å². The molecule has 0 radical (unpaired) electrons. The summed E-state index contributed by atoms with van der Waals surface area (Å²) >= 11 is 0. The number of hydrogen-bond acceptors (Lipinski definition) is 5. The number of benzene rings is 3. The fourth-order valence-corrected chi connectivity index (χ4v) is 6.22. The van der Waals surface area contributed by atoms with E-state index in [9.17, 15) is 14.0 Å². The Morgan fingerprint density at radius 2 is 1.82 bits per heavy atom. The van der Waals surface area contributed by atoms with Crippen LogP contribution in [0.4, 0.5) is 4.39 Å². The zero-order valence-corrected chi connectivity index (χ0v) is 24.7. The van der Waals surface area contributed by atoms with Crippen LogP contribution in [0.2, 0.25) is 0 Å². The molecule has 2 saturated carbocycles. The number of amides is 2. The summed E-state index contributed by atoms with van der Waals surface area (Å²) in [5.74, 6) is -0.195. The maximum Gasteiger partial charge on any atom is 0.255 e. The molecule has 224 valence electrons. The van der Waals surface area contributed by atoms with Crippen molar-refractivity contribution in [1.29, 1.82) is 0 Å². The number of carbonyl (C=O) groups excluding carboxylic acids is 2. The Kier molecular flexibility index (Phi) is 7.07. The number of carbonyl (C=O) groups is 2. The Hall–Kier alpha value is -4.72. The molecule has 4 aromatic rings. The smallest absolute Gasteiger partial charge is 0.255 e. The zero-order chi connectivity index (χ0) is 30.4. The second-order valence-electron chi connectivity index (χ2n) is 12.0. The van der Waals surface area contributed by atoms with E-state index in [1.165, 1.54) is 12.1 Å². The molecule has 8 heteroatoms. The number of pyridine rings is 1. The van der Waals surface area contributed by atoms with Gasteiger partial charge in [-0.3, -0.25) is 14.6 Å². The van der Waals surface area contributed by atoms with Crippen molar-refractivity contribution >= 4 is 11.8 Å². The molecule has 2 heterocycles. The largest absolute Gasteiger partial charge is 0.490 e. The number of hydrogen-bond donors (Lipinski definition) is 2. The van der Waals surface area contributed by atoms with Crippen LogP contribution in [0.15, 0.2) is 79.0 Å². The lowest BCUT2D eigenvalue weighted by Gasteiger charge is -2.28. The van der Waals surface area contributed by atoms with Gasteiger partial charge in [0.15, 0.2) is 0 Å². The third-order valence-electron chi connectivity index (χ3n) is 9.11. The van der Waals surface area contributed by atoms with Crippen molar-refractivity contribution in [2.45, 2.75) is 62.7 Å². The lowest BCUT2D eigenvalue weighted by Crippen LogP contribution is -2.36. The number of nitrogens with zero attached hydrogens (tertiary/aromatic N) is 1. The normalized spacial score (nSPS) is 19.7. The molecule has 3 aromatic carbocycles. The molecule has 44 heavy (non-hydrogen) atoms. The third kappa shape index (κ3) is 5.08. The first-order valence-electron chi connectivity index (χ1n) is 15.2. The monoisotopic (exact) mass is 591 g/mol. The van der Waals surface area contributed by atoms with Crippen molar-refractivity contribution in [3.8, 4) is 22.6 Å². The SMILES string of the molecule is CNC(=O)C1c2cc(-c3cc(C(=O)NC4(c5ccccn5)CC4)c(OC4CCC4)cc3C)ccc2OC1c1ccc(F)cc1. The van der Waals surface area contributed by atoms with E-state index >= 15 is 0 Å². The molecule has 7 rings (SSSR count). The minimum Gasteiger partial charge on any atom is -0.490 e. The Morgan fingerprint density at radius 1 is 1.02 bits per heavy atom. The number of likely N-dealkylation sites (N-methyl/N-ethyl adjacent to an activating group) is 1. The van der Waals surface area contributed by atoms with Crippen molar-refractivity contribution < 1.29 is 23.5 Å². The highest BCUT2D eigenvalue weighted by Crippen LogP contribution is 2.48. The predicted molar refractivity (Wildman–Crippen MR) is 164 cm³/mol. The fraction of sp³-hybridized carbons (Fsp3) is 0.306. The quantitative estimate of drug-likeness (QED) is 0.244. The topological polar surface area (TPSA) is 89.6 Å². The van der Waals surface area contributed by atoms with Crippen molar-refractivity contribution in [3.63, 3.8) is 0 Å². The van der Waals surface area contributed by atoms with E-state index in [2.05, 4.69) is 15.6 Å². The molecule has 0 bridgehead atoms. The lowest BCUT2D eigenvalue weighted by molar-refractivity contribution is -0.123. The van der Waals surface area contributed by atoms with E-state index in [0.29, 0.717) is 22.6 Å². The summed E-state index contributed by atoms with van der Waals surface area (Å²) in [6, 6.07) is 21.4. The number of halogens is 1. The minimum atomic E-state index is -0.627. The highest BCUT2D eigenvalue weighted by Gasteiger charge is 2.47. The van der Waals surface area contributed by atoms with Gasteiger partial charge in [-0.15, -0.1) is 0 Å². The van der Waals surface area contributed by atoms with Gasteiger partial charge in [-0.1, -0.05) is 24.3 Å². The molecule has 2 aliphatic carbocycles. The van der Waals surface area contributed by atoms with Crippen LogP contribution in [0.1, 0.15) is 76.9 Å². The van der Waals surface area contributed by atoms with E-state index < -0.39 is 17.6 Å². The number of ether oxygens (including phenoxy) is 2. The van der Waals surface area contributed by atoms with E-state index in [1.54, 1.807) is 25.4 Å². The minimum absolute atomic E-state index is 0.103. The first kappa shape index (κ1) is 28.1. The molecule has 2 N–H and O–H groups in total. The molecule has 0 saturated heterocycles. The highest BCUT2D eigenvalue weighted by atomic mass is 19.1. The van der Waals surface area contributed by atoms with Gasteiger partial charge < -0.3 is 20.1 Å². The number of nitrogens with one attached hydrogen (secondary N) is 2. The average molecular weight is 592 g/mol. The van der Waals surface area contributed by atoms with Gasteiger partial charge in [0.1, 0.15) is 29.3 Å². The zero-order valence-electron chi connectivity index (χ0n) is 24.7. The molecule has 2 unspecified atom stereocenters. The van der Waals surface area contributed by atoms with Crippen LogP contribution in [0, 0.1) is 12.7 Å². The number of aromatic nitrogens is 1. The van der Waals surface area contributed by atoms with Crippen LogP contribution in [0.5, 0.6) is 11.5 Å². The first-order valence-corrected chi connectivity index (χ1v) is 15.2. The molecule has 2 amide bonds. The van der Waals surface area contributed by atoms with Gasteiger partial charge in [0.25, 0.3) is 5.91 Å². The number of aryl methyl sites for hydroxylation is 1. The van der Waals surface area contributed by atoms with E-state index in [-0.39, 0.29) is 23.7 Å². The van der Waals surface area contributed by atoms with E-state index in [4.69, 9.17) is 9.47 Å². The van der Waals surface area contributed by atoms with E-state index in [0.717, 1.165) is 60.1 Å². The Labute approximate surface area is 255 Å². The summed E-state index contributed by atoms with van der Waals surface area (Å²) in [5.41, 5.74) is 4.98. The standard InChI is InChI=1S/C36H34FN3O4/c1-21-18-30(43-25-6-5-7-25)28(34(41)40-36(15-16-36)31-8-3-4-17-39-31)20-26(21)23-11-14-29-27(19-23)32(35(42)38-2)33(44-29)22-9-12-24(37)13-10-22/h3-4,8-14,17-20,25,32-33H,5-7,15-16H2,1-2H3,(H,38,42)(H,40,41). The van der Waals surface area contributed by atoms with Gasteiger partial charge in [0.2, 0.25) is 5.91 Å². The second-order valence-corrected chi connectivity index (χ2v) is 12.0. The van der Waals surface area contributed by atoms with Crippen molar-refractivity contribution in [2.75, 3.05) is 7.05 Å². The maximum absolute atomic E-state index is 13.9. The average Bonchev–Trinajstić information content (AvgIpc) is 3.70. The Balaban J connectivity index is 1.26. The molecule has 1 aromatic heterocycles. The molecular weight excluding hydrogens is 557 g/mol. The number of rotatable bonds is 8. The Morgan fingerprint density at radius 3 is 2.48 bits per heavy atom. The van der Waals surface area contributed by atoms with Crippen molar-refractivity contribution in [3.05, 3.63) is 113 Å². The summed E-state index contributed by atoms with van der Waals surface area (Å²) < 4.78 is 26.3. The lowest BCUT2D eigenvalue weighted by atomic mass is 9.87. The summed E-state index contributed by atoms with van der Waals surface area (Å²) in [6.45, 7) is 2.00. The van der Waals surface area contributed by atoms with Crippen LogP contribution in [0.25, 0.3) is 11.1 Å². The summed E-state index contributed by atoms with van der Waals surface area (Å²) in [4.78, 5) is 31.6. The van der Waals surface area contributed by atoms with Crippen LogP contribution in [0.3, 0.4) is 0 Å². The maximum atomic E-state index is 13.9.